The number of hydrogen-bond acceptors (Lipinski definition) is 1. The number of benzene rings is 3. The summed E-state index contributed by atoms with van der Waals surface area (Å²) in [5.74, 6) is 0. The first-order chi connectivity index (χ1) is 11.9. The molecule has 0 nitrogen and oxygen atoms in total. The first kappa shape index (κ1) is 15.1. The summed E-state index contributed by atoms with van der Waals surface area (Å²) in [5.41, 5.74) is 3.83. The third kappa shape index (κ3) is 3.40. The van der Waals surface area contributed by atoms with Gasteiger partial charge in [0.15, 0.2) is 0 Å². The lowest BCUT2D eigenvalue weighted by Gasteiger charge is -2.03. The van der Waals surface area contributed by atoms with Crippen molar-refractivity contribution in [3.63, 3.8) is 0 Å². The van der Waals surface area contributed by atoms with Crippen molar-refractivity contribution >= 4 is 30.5 Å². The summed E-state index contributed by atoms with van der Waals surface area (Å²) in [4.78, 5) is 1.34. The number of hydrogen-bond donors (Lipinski definition) is 0. The Kier molecular flexibility index (Phi) is 4.41. The fraction of sp³-hybridized carbons (Fsp3) is 0. The highest BCUT2D eigenvalue weighted by atomic mass is 32.1. The van der Waals surface area contributed by atoms with Crippen LogP contribution >= 0.6 is 11.3 Å². The number of thiophene rings is 1. The molecule has 4 rings (SSSR count). The van der Waals surface area contributed by atoms with Crippen LogP contribution < -0.4 is 9.69 Å². The topological polar surface area (TPSA) is 0 Å². The van der Waals surface area contributed by atoms with Crippen molar-refractivity contribution in [1.82, 2.24) is 0 Å². The molecule has 0 saturated heterocycles. The van der Waals surface area contributed by atoms with Gasteiger partial charge in [0.25, 0.3) is 0 Å². The van der Waals surface area contributed by atoms with E-state index in [4.69, 9.17) is 0 Å². The quantitative estimate of drug-likeness (QED) is 0.471. The van der Waals surface area contributed by atoms with Crippen LogP contribution in [0.2, 0.25) is 0 Å². The Morgan fingerprint density at radius 2 is 1.08 bits per heavy atom. The van der Waals surface area contributed by atoms with Crippen molar-refractivity contribution in [2.45, 2.75) is 0 Å². The number of rotatable bonds is 4. The van der Waals surface area contributed by atoms with Crippen molar-refractivity contribution in [1.29, 1.82) is 0 Å². The lowest BCUT2D eigenvalue weighted by molar-refractivity contribution is 1.62. The van der Waals surface area contributed by atoms with E-state index in [1.54, 1.807) is 0 Å². The predicted molar refractivity (Wildman–Crippen MR) is 107 cm³/mol. The molecule has 0 spiro atoms. The van der Waals surface area contributed by atoms with Gasteiger partial charge in [-0.05, 0) is 27.3 Å². The molecule has 1 heterocycles. The standard InChI is InChI=1S/C22H16SSi/c1-3-7-17(8-4-1)18-11-13-19(14-12-18)21-15-16-22(23-21)24-20-9-5-2-6-10-20/h1-16H. The average Bonchev–Trinajstić information content (AvgIpc) is 3.12. The molecule has 0 N–H and O–H groups in total. The highest BCUT2D eigenvalue weighted by molar-refractivity contribution is 7.25. The lowest BCUT2D eigenvalue weighted by Crippen LogP contribution is -2.23. The van der Waals surface area contributed by atoms with E-state index in [1.165, 1.54) is 31.3 Å². The lowest BCUT2D eigenvalue weighted by atomic mass is 10.0. The van der Waals surface area contributed by atoms with Crippen molar-refractivity contribution < 1.29 is 0 Å². The van der Waals surface area contributed by atoms with Gasteiger partial charge in [-0.2, -0.15) is 0 Å². The maximum atomic E-state index is 2.26. The zero-order valence-electron chi connectivity index (χ0n) is 13.1. The second kappa shape index (κ2) is 6.99. The summed E-state index contributed by atoms with van der Waals surface area (Å²) in [7, 11) is 0.736. The third-order valence-electron chi connectivity index (χ3n) is 3.92. The largest absolute Gasteiger partial charge is 0.145 e. The molecule has 0 aliphatic rings. The molecule has 0 amide bonds. The molecule has 1 aromatic heterocycles. The fourth-order valence-electron chi connectivity index (χ4n) is 2.68. The van der Waals surface area contributed by atoms with E-state index >= 15 is 0 Å². The minimum absolute atomic E-state index is 0.736. The van der Waals surface area contributed by atoms with Gasteiger partial charge < -0.3 is 0 Å². The van der Waals surface area contributed by atoms with E-state index in [0.29, 0.717) is 0 Å². The minimum Gasteiger partial charge on any atom is -0.145 e. The molecule has 2 heteroatoms. The molecule has 3 aromatic carbocycles. The highest BCUT2D eigenvalue weighted by Crippen LogP contribution is 2.26. The van der Waals surface area contributed by atoms with Crippen LogP contribution in [0.4, 0.5) is 0 Å². The van der Waals surface area contributed by atoms with Gasteiger partial charge in [0.1, 0.15) is 9.52 Å². The van der Waals surface area contributed by atoms with Crippen molar-refractivity contribution in [3.8, 4) is 21.6 Å². The second-order valence-corrected chi connectivity index (χ2v) is 8.41. The highest BCUT2D eigenvalue weighted by Gasteiger charge is 2.05. The summed E-state index contributed by atoms with van der Waals surface area (Å²) < 4.78 is 1.43. The van der Waals surface area contributed by atoms with Gasteiger partial charge in [0, 0.05) is 4.88 Å². The maximum Gasteiger partial charge on any atom is 0.135 e. The van der Waals surface area contributed by atoms with Gasteiger partial charge in [0.2, 0.25) is 0 Å². The second-order valence-electron chi connectivity index (χ2n) is 5.60. The van der Waals surface area contributed by atoms with E-state index in [9.17, 15) is 0 Å². The zero-order chi connectivity index (χ0) is 16.2. The van der Waals surface area contributed by atoms with E-state index in [0.717, 1.165) is 9.52 Å². The van der Waals surface area contributed by atoms with Gasteiger partial charge in [0.05, 0.1) is 0 Å². The molecule has 24 heavy (non-hydrogen) atoms. The van der Waals surface area contributed by atoms with Crippen molar-refractivity contribution in [3.05, 3.63) is 97.1 Å². The summed E-state index contributed by atoms with van der Waals surface area (Å²) in [6, 6.07) is 34.6. The van der Waals surface area contributed by atoms with Crippen LogP contribution in [0.3, 0.4) is 0 Å². The Labute approximate surface area is 149 Å². The SMILES string of the molecule is c1ccc([Si]c2ccc(-c3ccc(-c4ccccc4)cc3)s2)cc1. The molecule has 2 radical (unpaired) electrons. The zero-order valence-corrected chi connectivity index (χ0v) is 15.0. The van der Waals surface area contributed by atoms with E-state index in [1.807, 2.05) is 11.3 Å². The van der Waals surface area contributed by atoms with E-state index in [-0.39, 0.29) is 0 Å². The molecule has 0 saturated carbocycles. The molecule has 0 unspecified atom stereocenters. The third-order valence-corrected chi connectivity index (χ3v) is 6.52. The molecular formula is C22H16SSi. The van der Waals surface area contributed by atoms with Crippen LogP contribution in [-0.2, 0) is 0 Å². The molecular weight excluding hydrogens is 324 g/mol. The maximum absolute atomic E-state index is 2.26. The fourth-order valence-corrected chi connectivity index (χ4v) is 5.14. The van der Waals surface area contributed by atoms with Crippen LogP contribution in [0, 0.1) is 0 Å². The summed E-state index contributed by atoms with van der Waals surface area (Å²) in [6.45, 7) is 0. The Morgan fingerprint density at radius 1 is 0.500 bits per heavy atom. The molecule has 4 aromatic rings. The first-order valence-electron chi connectivity index (χ1n) is 7.96. The molecule has 0 fully saturated rings. The monoisotopic (exact) mass is 340 g/mol. The molecule has 0 aliphatic heterocycles. The molecule has 0 aliphatic carbocycles. The summed E-state index contributed by atoms with van der Waals surface area (Å²) in [5, 5.41) is 1.39. The Balaban J connectivity index is 1.54. The van der Waals surface area contributed by atoms with E-state index < -0.39 is 0 Å². The van der Waals surface area contributed by atoms with E-state index in [2.05, 4.69) is 97.1 Å². The molecule has 0 bridgehead atoms. The molecule has 114 valence electrons. The first-order valence-corrected chi connectivity index (χ1v) is 9.78. The smallest absolute Gasteiger partial charge is 0.135 e. The van der Waals surface area contributed by atoms with Crippen molar-refractivity contribution in [2.24, 2.45) is 0 Å². The Bertz CT molecular complexity index is 909. The molecule has 0 atom stereocenters. The van der Waals surface area contributed by atoms with Gasteiger partial charge in [-0.3, -0.25) is 0 Å². The Hall–Kier alpha value is -2.42. The van der Waals surface area contributed by atoms with Crippen LogP contribution in [0.25, 0.3) is 21.6 Å². The Morgan fingerprint density at radius 3 is 1.79 bits per heavy atom. The normalized spacial score (nSPS) is 10.7. The van der Waals surface area contributed by atoms with Gasteiger partial charge >= 0.3 is 0 Å². The van der Waals surface area contributed by atoms with Crippen LogP contribution in [-0.4, -0.2) is 9.52 Å². The van der Waals surface area contributed by atoms with Gasteiger partial charge in [-0.1, -0.05) is 96.2 Å². The van der Waals surface area contributed by atoms with Crippen LogP contribution in [0.15, 0.2) is 97.1 Å². The average molecular weight is 341 g/mol. The van der Waals surface area contributed by atoms with Crippen molar-refractivity contribution in [2.75, 3.05) is 0 Å². The van der Waals surface area contributed by atoms with Crippen LogP contribution in [0.1, 0.15) is 0 Å². The van der Waals surface area contributed by atoms with Gasteiger partial charge in [-0.25, -0.2) is 0 Å². The van der Waals surface area contributed by atoms with Gasteiger partial charge in [-0.15, -0.1) is 11.3 Å². The summed E-state index contributed by atoms with van der Waals surface area (Å²) in [6.07, 6.45) is 0. The summed E-state index contributed by atoms with van der Waals surface area (Å²) >= 11 is 1.89. The van der Waals surface area contributed by atoms with Crippen LogP contribution in [0.5, 0.6) is 0 Å². The predicted octanol–water partition coefficient (Wildman–Crippen LogP) is 4.74. The minimum atomic E-state index is 0.736.